The van der Waals surface area contributed by atoms with Gasteiger partial charge in [-0.25, -0.2) is 4.79 Å². The molecule has 2 heterocycles. The van der Waals surface area contributed by atoms with Crippen molar-refractivity contribution in [3.8, 4) is 0 Å². The predicted octanol–water partition coefficient (Wildman–Crippen LogP) is 1.09. The number of benzene rings is 1. The lowest BCUT2D eigenvalue weighted by Crippen LogP contribution is -2.36. The molecule has 6 nitrogen and oxygen atoms in total. The number of carbonyl (C=O) groups excluding carboxylic acids is 1. The average Bonchev–Trinajstić information content (AvgIpc) is 2.71. The lowest BCUT2D eigenvalue weighted by atomic mass is 10.0. The number of likely N-dealkylation sites (N-methyl/N-ethyl adjacent to an activating group) is 1. The second-order valence-electron chi connectivity index (χ2n) is 6.11. The Balaban J connectivity index is 1.78. The van der Waals surface area contributed by atoms with Crippen LogP contribution in [0.2, 0.25) is 0 Å². The van der Waals surface area contributed by atoms with Gasteiger partial charge in [-0.2, -0.15) is 0 Å². The Bertz CT molecular complexity index is 602. The summed E-state index contributed by atoms with van der Waals surface area (Å²) in [5, 5.41) is 11.2. The first-order valence-corrected chi connectivity index (χ1v) is 7.63. The maximum absolute atomic E-state index is 12.1. The number of carbonyl (C=O) groups is 2. The molecule has 2 aliphatic heterocycles. The van der Waals surface area contributed by atoms with Crippen LogP contribution in [0.5, 0.6) is 0 Å². The molecule has 0 bridgehead atoms. The fraction of sp³-hybridized carbons (Fsp3) is 0.500. The minimum absolute atomic E-state index is 0.0237. The van der Waals surface area contributed by atoms with Crippen LogP contribution < -0.4 is 10.2 Å². The topological polar surface area (TPSA) is 72.9 Å². The van der Waals surface area contributed by atoms with E-state index in [1.165, 1.54) is 11.1 Å². The van der Waals surface area contributed by atoms with Crippen LogP contribution in [-0.2, 0) is 17.6 Å². The molecule has 118 valence electrons. The lowest BCUT2D eigenvalue weighted by Gasteiger charge is -2.19. The van der Waals surface area contributed by atoms with Gasteiger partial charge in [0, 0.05) is 31.7 Å². The summed E-state index contributed by atoms with van der Waals surface area (Å²) in [6.45, 7) is 2.48. The number of carboxylic acid groups (broad SMARTS) is 1. The van der Waals surface area contributed by atoms with E-state index in [9.17, 15) is 9.59 Å². The number of fused-ring (bicyclic) bond motifs is 1. The van der Waals surface area contributed by atoms with Crippen LogP contribution in [0.3, 0.4) is 0 Å². The Morgan fingerprint density at radius 1 is 1.27 bits per heavy atom. The number of hydrogen-bond acceptors (Lipinski definition) is 3. The molecule has 1 aromatic carbocycles. The maximum Gasteiger partial charge on any atom is 0.404 e. The Morgan fingerprint density at radius 2 is 2.00 bits per heavy atom. The maximum atomic E-state index is 12.1. The van der Waals surface area contributed by atoms with E-state index in [1.807, 2.05) is 6.07 Å². The number of nitrogens with one attached hydrogen (secondary N) is 1. The van der Waals surface area contributed by atoms with Crippen molar-refractivity contribution < 1.29 is 14.7 Å². The number of nitrogens with zero attached hydrogens (tertiary/aromatic N) is 2. The van der Waals surface area contributed by atoms with Gasteiger partial charge in [0.2, 0.25) is 5.91 Å². The summed E-state index contributed by atoms with van der Waals surface area (Å²) >= 11 is 0. The minimum atomic E-state index is -1.08. The summed E-state index contributed by atoms with van der Waals surface area (Å²) < 4.78 is 0. The van der Waals surface area contributed by atoms with Crippen molar-refractivity contribution in [3.63, 3.8) is 0 Å². The quantitative estimate of drug-likeness (QED) is 0.858. The van der Waals surface area contributed by atoms with Crippen molar-refractivity contribution in [3.05, 3.63) is 29.3 Å². The van der Waals surface area contributed by atoms with E-state index in [0.29, 0.717) is 6.54 Å². The van der Waals surface area contributed by atoms with Crippen molar-refractivity contribution in [2.75, 3.05) is 31.6 Å². The summed E-state index contributed by atoms with van der Waals surface area (Å²) in [7, 11) is 2.12. The zero-order valence-electron chi connectivity index (χ0n) is 12.7. The van der Waals surface area contributed by atoms with Crippen molar-refractivity contribution in [2.24, 2.45) is 0 Å². The van der Waals surface area contributed by atoms with Crippen molar-refractivity contribution >= 4 is 17.7 Å². The highest BCUT2D eigenvalue weighted by molar-refractivity contribution is 5.96. The predicted molar refractivity (Wildman–Crippen MR) is 83.3 cm³/mol. The van der Waals surface area contributed by atoms with Crippen LogP contribution in [-0.4, -0.2) is 54.7 Å². The largest absolute Gasteiger partial charge is 0.465 e. The highest BCUT2D eigenvalue weighted by Gasteiger charge is 2.31. The Hall–Kier alpha value is -2.08. The number of hydrogen-bond donors (Lipinski definition) is 2. The summed E-state index contributed by atoms with van der Waals surface area (Å²) in [5.41, 5.74) is 3.52. The third-order valence-electron chi connectivity index (χ3n) is 4.48. The highest BCUT2D eigenvalue weighted by atomic mass is 16.4. The molecular formula is C16H21N3O3. The van der Waals surface area contributed by atoms with E-state index in [2.05, 4.69) is 29.4 Å². The van der Waals surface area contributed by atoms with Gasteiger partial charge in [0.05, 0.1) is 6.04 Å². The zero-order chi connectivity index (χ0) is 15.7. The van der Waals surface area contributed by atoms with Crippen LogP contribution in [0, 0.1) is 0 Å². The highest BCUT2D eigenvalue weighted by Crippen LogP contribution is 2.26. The monoisotopic (exact) mass is 303 g/mol. The van der Waals surface area contributed by atoms with Gasteiger partial charge in [0.25, 0.3) is 0 Å². The Morgan fingerprint density at radius 3 is 2.73 bits per heavy atom. The van der Waals surface area contributed by atoms with Gasteiger partial charge >= 0.3 is 6.09 Å². The lowest BCUT2D eigenvalue weighted by molar-refractivity contribution is -0.117. The summed E-state index contributed by atoms with van der Waals surface area (Å²) in [6.07, 6.45) is 1.16. The van der Waals surface area contributed by atoms with E-state index in [1.54, 1.807) is 4.90 Å². The van der Waals surface area contributed by atoms with E-state index < -0.39 is 6.09 Å². The minimum Gasteiger partial charge on any atom is -0.465 e. The molecule has 1 atom stereocenters. The molecule has 0 radical (unpaired) electrons. The second kappa shape index (κ2) is 5.96. The fourth-order valence-corrected chi connectivity index (χ4v) is 3.22. The van der Waals surface area contributed by atoms with E-state index in [0.717, 1.165) is 31.6 Å². The van der Waals surface area contributed by atoms with Gasteiger partial charge < -0.3 is 20.2 Å². The number of amides is 2. The average molecular weight is 303 g/mol. The molecule has 1 fully saturated rings. The van der Waals surface area contributed by atoms with Gasteiger partial charge in [0.15, 0.2) is 0 Å². The first kappa shape index (κ1) is 14.8. The third kappa shape index (κ3) is 3.06. The second-order valence-corrected chi connectivity index (χ2v) is 6.11. The van der Waals surface area contributed by atoms with E-state index in [4.69, 9.17) is 5.11 Å². The van der Waals surface area contributed by atoms with Crippen LogP contribution >= 0.6 is 0 Å². The Kier molecular flexibility index (Phi) is 4.02. The van der Waals surface area contributed by atoms with Crippen molar-refractivity contribution in [2.45, 2.75) is 25.3 Å². The first-order chi connectivity index (χ1) is 10.5. The van der Waals surface area contributed by atoms with Gasteiger partial charge in [-0.1, -0.05) is 6.07 Å². The van der Waals surface area contributed by atoms with Crippen LogP contribution in [0.4, 0.5) is 10.5 Å². The van der Waals surface area contributed by atoms with E-state index in [-0.39, 0.29) is 18.4 Å². The molecule has 6 heteroatoms. The molecule has 0 aliphatic carbocycles. The van der Waals surface area contributed by atoms with Gasteiger partial charge in [0.1, 0.15) is 0 Å². The molecule has 0 saturated carbocycles. The third-order valence-corrected chi connectivity index (χ3v) is 4.48. The SMILES string of the molecule is CN1CCc2ccc(N3CC(NC(=O)O)CC3=O)cc2CC1. The van der Waals surface area contributed by atoms with E-state index >= 15 is 0 Å². The molecule has 1 unspecified atom stereocenters. The van der Waals surface area contributed by atoms with Crippen LogP contribution in [0.25, 0.3) is 0 Å². The normalized spacial score (nSPS) is 22.3. The number of rotatable bonds is 2. The molecule has 0 spiro atoms. The molecule has 1 aromatic rings. The standard InChI is InChI=1S/C16H21N3O3/c1-18-6-4-11-2-3-14(8-12(11)5-7-18)19-10-13(9-15(19)20)17-16(21)22/h2-3,8,13,17H,4-7,9-10H2,1H3,(H,21,22). The zero-order valence-corrected chi connectivity index (χ0v) is 12.7. The number of anilines is 1. The van der Waals surface area contributed by atoms with Gasteiger partial charge in [-0.3, -0.25) is 4.79 Å². The first-order valence-electron chi connectivity index (χ1n) is 7.63. The Labute approximate surface area is 129 Å². The van der Waals surface area contributed by atoms with Crippen LogP contribution in [0.1, 0.15) is 17.5 Å². The molecule has 1 saturated heterocycles. The summed E-state index contributed by atoms with van der Waals surface area (Å²) in [5.74, 6) is -0.0237. The molecule has 22 heavy (non-hydrogen) atoms. The fourth-order valence-electron chi connectivity index (χ4n) is 3.22. The molecule has 3 rings (SSSR count). The molecule has 0 aromatic heterocycles. The molecular weight excluding hydrogens is 282 g/mol. The molecule has 2 aliphatic rings. The van der Waals surface area contributed by atoms with Gasteiger partial charge in [-0.15, -0.1) is 0 Å². The van der Waals surface area contributed by atoms with Crippen molar-refractivity contribution in [1.29, 1.82) is 0 Å². The summed E-state index contributed by atoms with van der Waals surface area (Å²) in [4.78, 5) is 26.9. The smallest absolute Gasteiger partial charge is 0.404 e. The van der Waals surface area contributed by atoms with Crippen LogP contribution in [0.15, 0.2) is 18.2 Å². The van der Waals surface area contributed by atoms with Gasteiger partial charge in [-0.05, 0) is 43.1 Å². The molecule has 2 amide bonds. The summed E-state index contributed by atoms with van der Waals surface area (Å²) in [6, 6.07) is 5.85. The molecule has 2 N–H and O–H groups in total. The van der Waals surface area contributed by atoms with Crippen molar-refractivity contribution in [1.82, 2.24) is 10.2 Å².